The van der Waals surface area contributed by atoms with E-state index < -0.39 is 4.92 Å². The number of nitro groups is 1. The molecule has 1 aromatic rings. The Morgan fingerprint density at radius 2 is 2.13 bits per heavy atom. The smallest absolute Gasteiger partial charge is 0.288 e. The molecule has 0 aliphatic rings. The van der Waals surface area contributed by atoms with Crippen LogP contribution in [0, 0.1) is 10.1 Å². The van der Waals surface area contributed by atoms with Crippen molar-refractivity contribution in [2.75, 3.05) is 0 Å². The van der Waals surface area contributed by atoms with Crippen LogP contribution in [0.15, 0.2) is 12.1 Å². The van der Waals surface area contributed by atoms with Crippen molar-refractivity contribution in [3.63, 3.8) is 0 Å². The Morgan fingerprint density at radius 3 is 2.53 bits per heavy atom. The molecule has 15 heavy (non-hydrogen) atoms. The van der Waals surface area contributed by atoms with Crippen LogP contribution in [0.1, 0.15) is 27.6 Å². The summed E-state index contributed by atoms with van der Waals surface area (Å²) in [5.41, 5.74) is -0.442. The SMILES string of the molecule is CC(=O)c1ccc([N+](=O)[O-])c(Cl)c1C=O. The van der Waals surface area contributed by atoms with Crippen LogP contribution >= 0.6 is 11.6 Å². The minimum absolute atomic E-state index is 0.0839. The fourth-order valence-electron chi connectivity index (χ4n) is 1.14. The van der Waals surface area contributed by atoms with E-state index in [1.165, 1.54) is 13.0 Å². The topological polar surface area (TPSA) is 77.3 Å². The summed E-state index contributed by atoms with van der Waals surface area (Å²) >= 11 is 5.63. The number of benzene rings is 1. The third kappa shape index (κ3) is 2.02. The van der Waals surface area contributed by atoms with Crippen LogP contribution in [0.5, 0.6) is 0 Å². The van der Waals surface area contributed by atoms with E-state index in [1.807, 2.05) is 0 Å². The molecule has 78 valence electrons. The van der Waals surface area contributed by atoms with Crippen molar-refractivity contribution >= 4 is 29.4 Å². The maximum absolute atomic E-state index is 11.1. The molecule has 0 saturated heterocycles. The molecule has 0 atom stereocenters. The molecule has 5 nitrogen and oxygen atoms in total. The second kappa shape index (κ2) is 4.18. The fourth-order valence-corrected chi connectivity index (χ4v) is 1.42. The Morgan fingerprint density at radius 1 is 1.53 bits per heavy atom. The number of aldehydes is 1. The van der Waals surface area contributed by atoms with Gasteiger partial charge in [-0.2, -0.15) is 0 Å². The van der Waals surface area contributed by atoms with E-state index >= 15 is 0 Å². The Balaban J connectivity index is 3.52. The molecule has 0 saturated carbocycles. The van der Waals surface area contributed by atoms with E-state index in [2.05, 4.69) is 0 Å². The maximum atomic E-state index is 11.1. The first kappa shape index (κ1) is 11.3. The van der Waals surface area contributed by atoms with Gasteiger partial charge in [-0.15, -0.1) is 0 Å². The quantitative estimate of drug-likeness (QED) is 0.343. The number of carbonyl (C=O) groups excluding carboxylic acids is 2. The van der Waals surface area contributed by atoms with Crippen molar-refractivity contribution in [2.24, 2.45) is 0 Å². The lowest BCUT2D eigenvalue weighted by molar-refractivity contribution is -0.384. The van der Waals surface area contributed by atoms with Gasteiger partial charge < -0.3 is 0 Å². The normalized spacial score (nSPS) is 9.73. The van der Waals surface area contributed by atoms with Crippen molar-refractivity contribution in [3.05, 3.63) is 38.4 Å². The van der Waals surface area contributed by atoms with Crippen LogP contribution in [0.2, 0.25) is 5.02 Å². The summed E-state index contributed by atoms with van der Waals surface area (Å²) in [6.07, 6.45) is 0.339. The summed E-state index contributed by atoms with van der Waals surface area (Å²) in [4.78, 5) is 31.5. The summed E-state index contributed by atoms with van der Waals surface area (Å²) in [5.74, 6) is -0.367. The van der Waals surface area contributed by atoms with Gasteiger partial charge in [-0.25, -0.2) is 0 Å². The van der Waals surface area contributed by atoms with E-state index in [0.717, 1.165) is 6.07 Å². The minimum Gasteiger partial charge on any atom is -0.298 e. The van der Waals surface area contributed by atoms with Gasteiger partial charge >= 0.3 is 0 Å². The van der Waals surface area contributed by atoms with Gasteiger partial charge in [0.1, 0.15) is 5.02 Å². The zero-order chi connectivity index (χ0) is 11.6. The first-order chi connectivity index (χ1) is 6.99. The predicted molar refractivity (Wildman–Crippen MR) is 53.5 cm³/mol. The summed E-state index contributed by atoms with van der Waals surface area (Å²) < 4.78 is 0. The van der Waals surface area contributed by atoms with Crippen molar-refractivity contribution in [1.82, 2.24) is 0 Å². The van der Waals surface area contributed by atoms with Gasteiger partial charge in [0.15, 0.2) is 12.1 Å². The highest BCUT2D eigenvalue weighted by Gasteiger charge is 2.20. The first-order valence-electron chi connectivity index (χ1n) is 3.92. The molecule has 1 aromatic carbocycles. The number of ketones is 1. The molecule has 0 aliphatic carbocycles. The number of rotatable bonds is 3. The van der Waals surface area contributed by atoms with Gasteiger partial charge in [0.25, 0.3) is 5.69 Å². The van der Waals surface area contributed by atoms with E-state index in [-0.39, 0.29) is 27.6 Å². The molecular weight excluding hydrogens is 222 g/mol. The largest absolute Gasteiger partial charge is 0.298 e. The Hall–Kier alpha value is -1.75. The standard InChI is InChI=1S/C9H6ClNO4/c1-5(13)6-2-3-8(11(14)15)9(10)7(6)4-12/h2-4H,1H3. The van der Waals surface area contributed by atoms with Crippen molar-refractivity contribution in [3.8, 4) is 0 Å². The highest BCUT2D eigenvalue weighted by molar-refractivity contribution is 6.35. The first-order valence-corrected chi connectivity index (χ1v) is 4.29. The third-order valence-electron chi connectivity index (χ3n) is 1.85. The molecular formula is C9H6ClNO4. The number of carbonyl (C=O) groups is 2. The molecule has 6 heteroatoms. The highest BCUT2D eigenvalue weighted by Crippen LogP contribution is 2.29. The zero-order valence-corrected chi connectivity index (χ0v) is 8.45. The lowest BCUT2D eigenvalue weighted by Gasteiger charge is -2.02. The van der Waals surface area contributed by atoms with Crippen LogP contribution in [-0.4, -0.2) is 17.0 Å². The monoisotopic (exact) mass is 227 g/mol. The van der Waals surface area contributed by atoms with Crippen LogP contribution in [0.25, 0.3) is 0 Å². The van der Waals surface area contributed by atoms with Gasteiger partial charge in [-0.1, -0.05) is 11.6 Å². The number of Topliss-reactive ketones (excluding diaryl/α,β-unsaturated/α-hetero) is 1. The highest BCUT2D eigenvalue weighted by atomic mass is 35.5. The lowest BCUT2D eigenvalue weighted by atomic mass is 10.0. The molecule has 0 unspecified atom stereocenters. The van der Waals surface area contributed by atoms with E-state index in [0.29, 0.717) is 6.29 Å². The second-order valence-corrected chi connectivity index (χ2v) is 3.17. The van der Waals surface area contributed by atoms with E-state index in [9.17, 15) is 19.7 Å². The predicted octanol–water partition coefficient (Wildman–Crippen LogP) is 2.26. The van der Waals surface area contributed by atoms with E-state index in [4.69, 9.17) is 11.6 Å². The minimum atomic E-state index is -0.709. The number of nitrogens with zero attached hydrogens (tertiary/aromatic N) is 1. The van der Waals surface area contributed by atoms with Crippen LogP contribution in [0.4, 0.5) is 5.69 Å². The maximum Gasteiger partial charge on any atom is 0.288 e. The molecule has 0 aliphatic heterocycles. The number of hydrogen-bond acceptors (Lipinski definition) is 4. The molecule has 0 radical (unpaired) electrons. The van der Waals surface area contributed by atoms with Gasteiger partial charge in [-0.3, -0.25) is 19.7 Å². The van der Waals surface area contributed by atoms with Gasteiger partial charge in [0.05, 0.1) is 10.5 Å². The summed E-state index contributed by atoms with van der Waals surface area (Å²) in [6, 6.07) is 2.32. The van der Waals surface area contributed by atoms with Crippen molar-refractivity contribution in [2.45, 2.75) is 6.92 Å². The Kier molecular flexibility index (Phi) is 3.16. The van der Waals surface area contributed by atoms with Crippen LogP contribution in [0.3, 0.4) is 0 Å². The molecule has 0 spiro atoms. The molecule has 0 fully saturated rings. The summed E-state index contributed by atoms with van der Waals surface area (Å²) in [7, 11) is 0. The molecule has 0 heterocycles. The van der Waals surface area contributed by atoms with E-state index in [1.54, 1.807) is 0 Å². The number of hydrogen-bond donors (Lipinski definition) is 0. The average molecular weight is 228 g/mol. The molecule has 1 rings (SSSR count). The number of halogens is 1. The fraction of sp³-hybridized carbons (Fsp3) is 0.111. The van der Waals surface area contributed by atoms with Gasteiger partial charge in [0.2, 0.25) is 0 Å². The van der Waals surface area contributed by atoms with Gasteiger partial charge in [-0.05, 0) is 13.0 Å². The molecule has 0 bridgehead atoms. The summed E-state index contributed by atoms with van der Waals surface area (Å²) in [5, 5.41) is 10.2. The third-order valence-corrected chi connectivity index (χ3v) is 2.25. The molecule has 0 N–H and O–H groups in total. The van der Waals surface area contributed by atoms with Crippen LogP contribution in [-0.2, 0) is 0 Å². The van der Waals surface area contributed by atoms with Crippen molar-refractivity contribution < 1.29 is 14.5 Å². The average Bonchev–Trinajstić information content (AvgIpc) is 2.16. The number of nitro benzene ring substituents is 1. The Labute approximate surface area is 89.8 Å². The van der Waals surface area contributed by atoms with Gasteiger partial charge in [0, 0.05) is 11.6 Å². The van der Waals surface area contributed by atoms with Crippen LogP contribution < -0.4 is 0 Å². The lowest BCUT2D eigenvalue weighted by Crippen LogP contribution is -2.02. The Bertz CT molecular complexity index is 456. The molecule has 0 aromatic heterocycles. The molecule has 0 amide bonds. The zero-order valence-electron chi connectivity index (χ0n) is 7.69. The second-order valence-electron chi connectivity index (χ2n) is 2.79. The summed E-state index contributed by atoms with van der Waals surface area (Å²) in [6.45, 7) is 1.25. The van der Waals surface area contributed by atoms with Crippen molar-refractivity contribution in [1.29, 1.82) is 0 Å².